The summed E-state index contributed by atoms with van der Waals surface area (Å²) in [5, 5.41) is 34.8. The molecule has 3 rings (SSSR count). The fourth-order valence-electron chi connectivity index (χ4n) is 3.46. The van der Waals surface area contributed by atoms with Crippen LogP contribution in [0, 0.1) is 37.4 Å². The van der Waals surface area contributed by atoms with Gasteiger partial charge in [0.25, 0.3) is 11.6 Å². The van der Waals surface area contributed by atoms with Gasteiger partial charge in [-0.05, 0) is 67.4 Å². The fraction of sp³-hybridized carbons (Fsp3) is 0.111. The van der Waals surface area contributed by atoms with E-state index in [1.165, 1.54) is 24.3 Å². The molecule has 0 radical (unpaired) electrons. The van der Waals surface area contributed by atoms with Crippen LogP contribution in [0.15, 0.2) is 72.8 Å². The SMILES string of the molecule is C=CCc1cc(/C=C(\C#N)C(=O)Nc2ccc(F)cc2)cc(OCC)c1Oc1ccc([N+](=O)[O-])cc1[N+](=O)[O-]. The number of hydrogen-bond acceptors (Lipinski definition) is 8. The molecule has 0 atom stereocenters. The van der Waals surface area contributed by atoms with Gasteiger partial charge in [-0.1, -0.05) is 6.08 Å². The summed E-state index contributed by atoms with van der Waals surface area (Å²) in [6, 6.07) is 12.9. The van der Waals surface area contributed by atoms with E-state index in [1.54, 1.807) is 19.1 Å². The third-order valence-corrected chi connectivity index (χ3v) is 5.16. The van der Waals surface area contributed by atoms with Crippen molar-refractivity contribution in [1.82, 2.24) is 0 Å². The van der Waals surface area contributed by atoms with Crippen LogP contribution in [-0.4, -0.2) is 22.4 Å². The molecule has 0 heterocycles. The Morgan fingerprint density at radius 3 is 2.41 bits per heavy atom. The zero-order valence-corrected chi connectivity index (χ0v) is 20.5. The lowest BCUT2D eigenvalue weighted by molar-refractivity contribution is -0.394. The van der Waals surface area contributed by atoms with Crippen molar-refractivity contribution < 1.29 is 28.5 Å². The summed E-state index contributed by atoms with van der Waals surface area (Å²) < 4.78 is 24.7. The van der Waals surface area contributed by atoms with Gasteiger partial charge in [-0.2, -0.15) is 5.26 Å². The predicted octanol–water partition coefficient (Wildman–Crippen LogP) is 6.11. The van der Waals surface area contributed by atoms with Crippen LogP contribution >= 0.6 is 0 Å². The van der Waals surface area contributed by atoms with Crippen molar-refractivity contribution in [2.75, 3.05) is 11.9 Å². The molecule has 198 valence electrons. The molecule has 12 heteroatoms. The molecule has 0 unspecified atom stereocenters. The molecule has 0 saturated carbocycles. The number of hydrogen-bond donors (Lipinski definition) is 1. The lowest BCUT2D eigenvalue weighted by Gasteiger charge is -2.16. The molecular formula is C27H21FN4O7. The number of nitro benzene ring substituents is 2. The van der Waals surface area contributed by atoms with Crippen LogP contribution in [0.3, 0.4) is 0 Å². The minimum atomic E-state index is -0.800. The standard InChI is InChI=1S/C27H21FN4O7/c1-3-5-18-12-17(13-19(16-29)27(33)30-21-8-6-20(28)7-9-21)14-25(38-4-2)26(18)39-24-11-10-22(31(34)35)15-23(24)32(36)37/h3,6-15H,1,4-5H2,2H3,(H,30,33)/b19-13+. The largest absolute Gasteiger partial charge is 0.490 e. The molecule has 0 fully saturated rings. The van der Waals surface area contributed by atoms with E-state index in [0.717, 1.165) is 30.3 Å². The number of nitrogens with one attached hydrogen (secondary N) is 1. The highest BCUT2D eigenvalue weighted by molar-refractivity contribution is 6.09. The van der Waals surface area contributed by atoms with Crippen LogP contribution in [0.4, 0.5) is 21.5 Å². The Hall–Kier alpha value is -5.57. The number of nitro groups is 2. The van der Waals surface area contributed by atoms with E-state index in [1.807, 2.05) is 6.07 Å². The lowest BCUT2D eigenvalue weighted by atomic mass is 10.0. The maximum Gasteiger partial charge on any atom is 0.318 e. The number of carbonyl (C=O) groups excluding carboxylic acids is 1. The molecule has 0 saturated heterocycles. The van der Waals surface area contributed by atoms with E-state index in [0.29, 0.717) is 16.8 Å². The van der Waals surface area contributed by atoms with Gasteiger partial charge in [0.1, 0.15) is 17.5 Å². The normalized spacial score (nSPS) is 10.7. The van der Waals surface area contributed by atoms with Crippen molar-refractivity contribution in [1.29, 1.82) is 5.26 Å². The van der Waals surface area contributed by atoms with Crippen molar-refractivity contribution >= 4 is 29.0 Å². The summed E-state index contributed by atoms with van der Waals surface area (Å²) >= 11 is 0. The number of anilines is 1. The van der Waals surface area contributed by atoms with Gasteiger partial charge < -0.3 is 14.8 Å². The highest BCUT2D eigenvalue weighted by Crippen LogP contribution is 2.41. The summed E-state index contributed by atoms with van der Waals surface area (Å²) in [6.45, 7) is 5.58. The maximum absolute atomic E-state index is 13.2. The molecule has 1 amide bonds. The van der Waals surface area contributed by atoms with Gasteiger partial charge in [-0.3, -0.25) is 25.0 Å². The van der Waals surface area contributed by atoms with Crippen molar-refractivity contribution in [2.24, 2.45) is 0 Å². The second-order valence-electron chi connectivity index (χ2n) is 7.83. The molecule has 0 aliphatic heterocycles. The molecule has 0 bridgehead atoms. The minimum absolute atomic E-state index is 0.0973. The topological polar surface area (TPSA) is 158 Å². The Bertz CT molecular complexity index is 1510. The Kier molecular flexibility index (Phi) is 9.05. The predicted molar refractivity (Wildman–Crippen MR) is 140 cm³/mol. The summed E-state index contributed by atoms with van der Waals surface area (Å²) in [5.41, 5.74) is -0.236. The third kappa shape index (κ3) is 7.01. The van der Waals surface area contributed by atoms with E-state index in [9.17, 15) is 34.7 Å². The molecule has 3 aromatic carbocycles. The Balaban J connectivity index is 2.05. The second-order valence-corrected chi connectivity index (χ2v) is 7.83. The van der Waals surface area contributed by atoms with E-state index in [4.69, 9.17) is 9.47 Å². The quantitative estimate of drug-likeness (QED) is 0.102. The number of amides is 1. The van der Waals surface area contributed by atoms with Crippen LogP contribution < -0.4 is 14.8 Å². The van der Waals surface area contributed by atoms with Gasteiger partial charge in [0.2, 0.25) is 5.75 Å². The van der Waals surface area contributed by atoms with Gasteiger partial charge >= 0.3 is 5.69 Å². The van der Waals surface area contributed by atoms with Crippen molar-refractivity contribution in [3.8, 4) is 23.3 Å². The van der Waals surface area contributed by atoms with E-state index in [2.05, 4.69) is 11.9 Å². The van der Waals surface area contributed by atoms with Crippen LogP contribution in [0.1, 0.15) is 18.1 Å². The Morgan fingerprint density at radius 1 is 1.10 bits per heavy atom. The number of non-ortho nitro benzene ring substituents is 1. The van der Waals surface area contributed by atoms with Crippen LogP contribution in [-0.2, 0) is 11.2 Å². The third-order valence-electron chi connectivity index (χ3n) is 5.16. The zero-order valence-electron chi connectivity index (χ0n) is 20.5. The summed E-state index contributed by atoms with van der Waals surface area (Å²) in [6.07, 6.45) is 3.07. The van der Waals surface area contributed by atoms with Crippen LogP contribution in [0.5, 0.6) is 17.2 Å². The second kappa shape index (κ2) is 12.6. The molecular weight excluding hydrogens is 511 g/mol. The summed E-state index contributed by atoms with van der Waals surface area (Å²) in [5.74, 6) is -1.22. The molecule has 0 aliphatic carbocycles. The fourth-order valence-corrected chi connectivity index (χ4v) is 3.46. The Labute approximate surface area is 221 Å². The smallest absolute Gasteiger partial charge is 0.318 e. The van der Waals surface area contributed by atoms with E-state index >= 15 is 0 Å². The molecule has 0 aliphatic rings. The average molecular weight is 532 g/mol. The number of rotatable bonds is 11. The van der Waals surface area contributed by atoms with Crippen LogP contribution in [0.25, 0.3) is 6.08 Å². The number of halogens is 1. The zero-order chi connectivity index (χ0) is 28.5. The molecule has 0 spiro atoms. The highest BCUT2D eigenvalue weighted by Gasteiger charge is 2.24. The molecule has 11 nitrogen and oxygen atoms in total. The summed E-state index contributed by atoms with van der Waals surface area (Å²) in [7, 11) is 0. The number of carbonyl (C=O) groups is 1. The number of nitrogens with zero attached hydrogens (tertiary/aromatic N) is 3. The molecule has 1 N–H and O–H groups in total. The van der Waals surface area contributed by atoms with Crippen molar-refractivity contribution in [3.63, 3.8) is 0 Å². The van der Waals surface area contributed by atoms with Gasteiger partial charge in [0, 0.05) is 17.3 Å². The Morgan fingerprint density at radius 2 is 1.82 bits per heavy atom. The molecule has 39 heavy (non-hydrogen) atoms. The average Bonchev–Trinajstić information content (AvgIpc) is 2.90. The number of allylic oxidation sites excluding steroid dienone is 1. The van der Waals surface area contributed by atoms with E-state index < -0.39 is 32.9 Å². The van der Waals surface area contributed by atoms with Crippen molar-refractivity contribution in [2.45, 2.75) is 13.3 Å². The van der Waals surface area contributed by atoms with Gasteiger partial charge in [0.05, 0.1) is 22.5 Å². The monoisotopic (exact) mass is 532 g/mol. The first kappa shape index (κ1) is 28.0. The lowest BCUT2D eigenvalue weighted by Crippen LogP contribution is -2.13. The number of ether oxygens (including phenoxy) is 2. The van der Waals surface area contributed by atoms with Crippen LogP contribution in [0.2, 0.25) is 0 Å². The number of benzene rings is 3. The molecule has 0 aromatic heterocycles. The first-order chi connectivity index (χ1) is 18.7. The first-order valence-electron chi connectivity index (χ1n) is 11.4. The maximum atomic E-state index is 13.2. The minimum Gasteiger partial charge on any atom is -0.490 e. The highest BCUT2D eigenvalue weighted by atomic mass is 19.1. The number of nitriles is 1. The van der Waals surface area contributed by atoms with Gasteiger partial charge in [-0.25, -0.2) is 4.39 Å². The van der Waals surface area contributed by atoms with E-state index in [-0.39, 0.29) is 35.8 Å². The van der Waals surface area contributed by atoms with Gasteiger partial charge in [0.15, 0.2) is 11.5 Å². The molecule has 3 aromatic rings. The summed E-state index contributed by atoms with van der Waals surface area (Å²) in [4.78, 5) is 33.8. The van der Waals surface area contributed by atoms with Gasteiger partial charge in [-0.15, -0.1) is 6.58 Å². The van der Waals surface area contributed by atoms with Crippen molar-refractivity contribution in [3.05, 3.63) is 110 Å². The first-order valence-corrected chi connectivity index (χ1v) is 11.4.